The molecule has 0 saturated heterocycles. The van der Waals surface area contributed by atoms with Gasteiger partial charge in [0, 0.05) is 21.2 Å². The van der Waals surface area contributed by atoms with Gasteiger partial charge in [0.2, 0.25) is 0 Å². The van der Waals surface area contributed by atoms with E-state index >= 15 is 0 Å². The Labute approximate surface area is 184 Å². The molecule has 1 amide bonds. The average Bonchev–Trinajstić information content (AvgIpc) is 2.70. The van der Waals surface area contributed by atoms with Gasteiger partial charge in [0.1, 0.15) is 18.1 Å². The molecular weight excluding hydrogens is 433 g/mol. The number of nitrogens with one attached hydrogen (secondary N) is 1. The van der Waals surface area contributed by atoms with E-state index in [0.29, 0.717) is 44.4 Å². The second kappa shape index (κ2) is 9.88. The number of hydrogen-bond acceptors (Lipinski definition) is 3. The summed E-state index contributed by atoms with van der Waals surface area (Å²) in [6.45, 7) is 2.60. The number of rotatable bonds is 7. The number of carbonyl (C=O) groups is 1. The molecule has 0 fully saturated rings. The first-order chi connectivity index (χ1) is 14.0. The molecule has 3 rings (SSSR count). The van der Waals surface area contributed by atoms with Crippen LogP contribution in [-0.4, -0.2) is 12.5 Å². The quantitative estimate of drug-likeness (QED) is 0.427. The summed E-state index contributed by atoms with van der Waals surface area (Å²) in [5.74, 6) is 0.952. The molecule has 0 bridgehead atoms. The van der Waals surface area contributed by atoms with E-state index in [1.807, 2.05) is 13.0 Å². The van der Waals surface area contributed by atoms with Gasteiger partial charge in [-0.25, -0.2) is 0 Å². The predicted molar refractivity (Wildman–Crippen MR) is 118 cm³/mol. The Morgan fingerprint density at radius 3 is 2.48 bits per heavy atom. The Morgan fingerprint density at radius 2 is 1.72 bits per heavy atom. The van der Waals surface area contributed by atoms with Gasteiger partial charge >= 0.3 is 0 Å². The Kier molecular flexibility index (Phi) is 7.26. The summed E-state index contributed by atoms with van der Waals surface area (Å²) in [4.78, 5) is 12.7. The Balaban J connectivity index is 1.81. The van der Waals surface area contributed by atoms with Crippen LogP contribution in [-0.2, 0) is 6.61 Å². The molecule has 0 aliphatic carbocycles. The van der Waals surface area contributed by atoms with E-state index in [1.54, 1.807) is 54.6 Å². The van der Waals surface area contributed by atoms with Crippen LogP contribution in [0.4, 0.5) is 5.69 Å². The lowest BCUT2D eigenvalue weighted by molar-refractivity contribution is 0.102. The molecule has 0 spiro atoms. The number of halogens is 3. The van der Waals surface area contributed by atoms with Gasteiger partial charge in [-0.05, 0) is 61.5 Å². The highest BCUT2D eigenvalue weighted by Gasteiger charge is 2.13. The van der Waals surface area contributed by atoms with Crippen LogP contribution in [0.25, 0.3) is 0 Å². The lowest BCUT2D eigenvalue weighted by atomic mass is 10.1. The zero-order valence-electron chi connectivity index (χ0n) is 15.5. The summed E-state index contributed by atoms with van der Waals surface area (Å²) in [6, 6.07) is 17.1. The second-order valence-electron chi connectivity index (χ2n) is 6.08. The van der Waals surface area contributed by atoms with Crippen molar-refractivity contribution in [1.82, 2.24) is 0 Å². The van der Waals surface area contributed by atoms with Crippen LogP contribution in [0.3, 0.4) is 0 Å². The summed E-state index contributed by atoms with van der Waals surface area (Å²) in [5, 5.41) is 4.24. The molecule has 0 aromatic heterocycles. The lowest BCUT2D eigenvalue weighted by Crippen LogP contribution is -2.13. The molecule has 3 aromatic carbocycles. The molecule has 1 N–H and O–H groups in total. The second-order valence-corrected chi connectivity index (χ2v) is 7.36. The van der Waals surface area contributed by atoms with Gasteiger partial charge in [-0.15, -0.1) is 0 Å². The summed E-state index contributed by atoms with van der Waals surface area (Å²) >= 11 is 18.1. The van der Waals surface area contributed by atoms with Crippen LogP contribution in [0.2, 0.25) is 15.1 Å². The Morgan fingerprint density at radius 1 is 0.931 bits per heavy atom. The molecule has 4 nitrogen and oxygen atoms in total. The number of hydrogen-bond donors (Lipinski definition) is 1. The van der Waals surface area contributed by atoms with Gasteiger partial charge in [-0.3, -0.25) is 4.79 Å². The number of carbonyl (C=O) groups excluding carboxylic acids is 1. The fourth-order valence-electron chi connectivity index (χ4n) is 2.64. The van der Waals surface area contributed by atoms with Crippen LogP contribution in [0.5, 0.6) is 11.5 Å². The minimum Gasteiger partial charge on any atom is -0.493 e. The molecule has 7 heteroatoms. The van der Waals surface area contributed by atoms with E-state index in [0.717, 1.165) is 5.56 Å². The van der Waals surface area contributed by atoms with Crippen molar-refractivity contribution in [2.75, 3.05) is 11.9 Å². The fraction of sp³-hybridized carbons (Fsp3) is 0.136. The maximum absolute atomic E-state index is 12.7. The highest BCUT2D eigenvalue weighted by molar-refractivity contribution is 6.35. The number of anilines is 1. The van der Waals surface area contributed by atoms with E-state index in [1.165, 1.54) is 0 Å². The number of ether oxygens (including phenoxy) is 2. The van der Waals surface area contributed by atoms with Crippen molar-refractivity contribution in [2.24, 2.45) is 0 Å². The summed E-state index contributed by atoms with van der Waals surface area (Å²) < 4.78 is 11.5. The molecule has 0 heterocycles. The van der Waals surface area contributed by atoms with Gasteiger partial charge in [-0.2, -0.15) is 0 Å². The maximum atomic E-state index is 12.7. The van der Waals surface area contributed by atoms with Crippen molar-refractivity contribution in [1.29, 1.82) is 0 Å². The summed E-state index contributed by atoms with van der Waals surface area (Å²) in [7, 11) is 0. The predicted octanol–water partition coefficient (Wildman–Crippen LogP) is 6.88. The maximum Gasteiger partial charge on any atom is 0.255 e. The van der Waals surface area contributed by atoms with E-state index in [4.69, 9.17) is 44.3 Å². The molecule has 29 heavy (non-hydrogen) atoms. The van der Waals surface area contributed by atoms with E-state index in [2.05, 4.69) is 5.32 Å². The minimum atomic E-state index is -0.318. The summed E-state index contributed by atoms with van der Waals surface area (Å²) in [6.07, 6.45) is 0. The molecule has 3 aromatic rings. The van der Waals surface area contributed by atoms with Crippen LogP contribution in [0.15, 0.2) is 60.7 Å². The van der Waals surface area contributed by atoms with Crippen molar-refractivity contribution in [3.63, 3.8) is 0 Å². The lowest BCUT2D eigenvalue weighted by Gasteiger charge is -2.14. The first-order valence-corrected chi connectivity index (χ1v) is 10.00. The molecular formula is C22H18Cl3NO3. The Bertz CT molecular complexity index is 1020. The van der Waals surface area contributed by atoms with E-state index < -0.39 is 0 Å². The molecule has 0 aliphatic heterocycles. The average molecular weight is 451 g/mol. The van der Waals surface area contributed by atoms with Crippen molar-refractivity contribution in [3.8, 4) is 11.5 Å². The van der Waals surface area contributed by atoms with E-state index in [-0.39, 0.29) is 12.5 Å². The monoisotopic (exact) mass is 449 g/mol. The highest BCUT2D eigenvalue weighted by Crippen LogP contribution is 2.27. The van der Waals surface area contributed by atoms with Gasteiger partial charge in [0.05, 0.1) is 17.3 Å². The number of benzene rings is 3. The van der Waals surface area contributed by atoms with Crippen molar-refractivity contribution >= 4 is 46.4 Å². The fourth-order valence-corrected chi connectivity index (χ4v) is 3.15. The molecule has 0 atom stereocenters. The SMILES string of the molecule is CCOc1ccc(C(=O)Nc2cc(Cl)ccc2Cl)cc1COc1cccc(Cl)c1. The minimum absolute atomic E-state index is 0.217. The topological polar surface area (TPSA) is 47.6 Å². The molecule has 0 saturated carbocycles. The third-order valence-electron chi connectivity index (χ3n) is 3.99. The van der Waals surface area contributed by atoms with Crippen molar-refractivity contribution < 1.29 is 14.3 Å². The zero-order valence-corrected chi connectivity index (χ0v) is 17.8. The van der Waals surface area contributed by atoms with Gasteiger partial charge in [0.15, 0.2) is 0 Å². The van der Waals surface area contributed by atoms with Gasteiger partial charge in [0.25, 0.3) is 5.91 Å². The van der Waals surface area contributed by atoms with Gasteiger partial charge < -0.3 is 14.8 Å². The molecule has 0 radical (unpaired) electrons. The number of amides is 1. The molecule has 150 valence electrons. The first-order valence-electron chi connectivity index (χ1n) is 8.86. The standard InChI is InChI=1S/C22H18Cl3NO3/c1-2-28-21-9-6-14(22(27)26-20-12-17(24)7-8-19(20)25)10-15(21)13-29-18-5-3-4-16(23)11-18/h3-12H,2,13H2,1H3,(H,26,27). The first kappa shape index (κ1) is 21.3. The molecule has 0 aliphatic rings. The van der Waals surface area contributed by atoms with Crippen LogP contribution < -0.4 is 14.8 Å². The van der Waals surface area contributed by atoms with Crippen molar-refractivity contribution in [2.45, 2.75) is 13.5 Å². The van der Waals surface area contributed by atoms with Crippen LogP contribution in [0.1, 0.15) is 22.8 Å². The van der Waals surface area contributed by atoms with Crippen LogP contribution >= 0.6 is 34.8 Å². The van der Waals surface area contributed by atoms with Crippen molar-refractivity contribution in [3.05, 3.63) is 86.9 Å². The van der Waals surface area contributed by atoms with E-state index in [9.17, 15) is 4.79 Å². The third kappa shape index (κ3) is 5.80. The Hall–Kier alpha value is -2.40. The largest absolute Gasteiger partial charge is 0.493 e. The normalized spacial score (nSPS) is 10.5. The zero-order chi connectivity index (χ0) is 20.8. The molecule has 0 unspecified atom stereocenters. The smallest absolute Gasteiger partial charge is 0.255 e. The van der Waals surface area contributed by atoms with Crippen LogP contribution in [0, 0.1) is 0 Å². The highest BCUT2D eigenvalue weighted by atomic mass is 35.5. The van der Waals surface area contributed by atoms with Gasteiger partial charge in [-0.1, -0.05) is 40.9 Å². The summed E-state index contributed by atoms with van der Waals surface area (Å²) in [5.41, 5.74) is 1.61. The third-order valence-corrected chi connectivity index (χ3v) is 4.79.